The molecule has 2 atom stereocenters. The molecular weight excluding hydrogens is 650 g/mol. The van der Waals surface area contributed by atoms with E-state index in [0.717, 1.165) is 39.1 Å². The lowest BCUT2D eigenvalue weighted by atomic mass is 9.89. The Morgan fingerprint density at radius 3 is 2.60 bits per heavy atom. The fourth-order valence-electron chi connectivity index (χ4n) is 5.75. The summed E-state index contributed by atoms with van der Waals surface area (Å²) in [5.41, 5.74) is 7.76. The number of ether oxygens (including phenoxy) is 1. The molecule has 1 aliphatic rings. The van der Waals surface area contributed by atoms with E-state index in [-0.39, 0.29) is 24.2 Å². The van der Waals surface area contributed by atoms with Crippen LogP contribution in [0, 0.1) is 5.92 Å². The van der Waals surface area contributed by atoms with Crippen molar-refractivity contribution in [1.29, 1.82) is 0 Å². The van der Waals surface area contributed by atoms with Gasteiger partial charge in [-0.25, -0.2) is 4.98 Å². The quantitative estimate of drug-likeness (QED) is 0.144. The monoisotopic (exact) mass is 683 g/mol. The Labute approximate surface area is 275 Å². The van der Waals surface area contributed by atoms with E-state index in [1.54, 1.807) is 24.5 Å². The number of carbonyl (C=O) groups excluding carboxylic acids is 2. The lowest BCUT2D eigenvalue weighted by Gasteiger charge is -2.28. The summed E-state index contributed by atoms with van der Waals surface area (Å²) in [6, 6.07) is 22.1. The number of carbonyl (C=O) groups is 2. The van der Waals surface area contributed by atoms with Gasteiger partial charge in [0.2, 0.25) is 5.91 Å². The van der Waals surface area contributed by atoms with Crippen LogP contribution in [-0.2, 0) is 24.3 Å². The molecular formula is C35H34BrN5O3S. The van der Waals surface area contributed by atoms with Crippen LogP contribution in [0.4, 0.5) is 0 Å². The second-order valence-electron chi connectivity index (χ2n) is 11.1. The van der Waals surface area contributed by atoms with Gasteiger partial charge in [-0.2, -0.15) is 0 Å². The number of aromatic nitrogens is 3. The van der Waals surface area contributed by atoms with Gasteiger partial charge in [-0.15, -0.1) is 11.3 Å². The minimum atomic E-state index is -0.485. The average Bonchev–Trinajstić information content (AvgIpc) is 3.77. The van der Waals surface area contributed by atoms with Crippen LogP contribution in [0.15, 0.2) is 95.4 Å². The van der Waals surface area contributed by atoms with Crippen molar-refractivity contribution in [1.82, 2.24) is 25.2 Å². The van der Waals surface area contributed by atoms with Gasteiger partial charge in [0.25, 0.3) is 0 Å². The molecule has 5 aromatic rings. The third-order valence-electron chi connectivity index (χ3n) is 8.17. The molecule has 0 fully saturated rings. The molecule has 3 aromatic carbocycles. The molecule has 8 nitrogen and oxygen atoms in total. The van der Waals surface area contributed by atoms with Crippen LogP contribution in [0.25, 0.3) is 10.4 Å². The molecule has 0 aliphatic carbocycles. The number of Topliss-reactive ketones (excluding diaryl/α,β-unsaturated/α-hetero) is 1. The third kappa shape index (κ3) is 7.41. The summed E-state index contributed by atoms with van der Waals surface area (Å²) in [7, 11) is 1.61. The summed E-state index contributed by atoms with van der Waals surface area (Å²) < 4.78 is 9.22. The lowest BCUT2D eigenvalue weighted by Crippen LogP contribution is -2.31. The molecule has 230 valence electrons. The Bertz CT molecular complexity index is 1750. The molecule has 0 saturated heterocycles. The first kappa shape index (κ1) is 30.9. The van der Waals surface area contributed by atoms with Crippen molar-refractivity contribution in [3.63, 3.8) is 0 Å². The minimum Gasteiger partial charge on any atom is -0.492 e. The molecule has 0 unspecified atom stereocenters. The molecule has 1 aliphatic heterocycles. The van der Waals surface area contributed by atoms with Gasteiger partial charge >= 0.3 is 0 Å². The highest BCUT2D eigenvalue weighted by Crippen LogP contribution is 2.36. The van der Waals surface area contributed by atoms with Crippen molar-refractivity contribution < 1.29 is 14.3 Å². The van der Waals surface area contributed by atoms with Crippen molar-refractivity contribution in [2.45, 2.75) is 38.4 Å². The van der Waals surface area contributed by atoms with Crippen molar-refractivity contribution in [2.24, 2.45) is 5.92 Å². The summed E-state index contributed by atoms with van der Waals surface area (Å²) in [4.78, 5) is 36.2. The molecule has 10 heteroatoms. The Kier molecular flexibility index (Phi) is 9.83. The van der Waals surface area contributed by atoms with Crippen molar-refractivity contribution in [2.75, 3.05) is 13.7 Å². The van der Waals surface area contributed by atoms with Crippen LogP contribution in [0.2, 0.25) is 0 Å². The number of nitrogens with zero attached hydrogens (tertiary/aromatic N) is 3. The van der Waals surface area contributed by atoms with E-state index >= 15 is 0 Å². The van der Waals surface area contributed by atoms with Gasteiger partial charge in [-0.1, -0.05) is 64.5 Å². The summed E-state index contributed by atoms with van der Waals surface area (Å²) in [6.45, 7) is 1.83. The minimum absolute atomic E-state index is 0.0149. The van der Waals surface area contributed by atoms with E-state index in [1.165, 1.54) is 11.1 Å². The third-order valence-corrected chi connectivity index (χ3v) is 9.52. The van der Waals surface area contributed by atoms with Crippen LogP contribution >= 0.6 is 27.3 Å². The maximum atomic E-state index is 13.6. The fraction of sp³-hybridized carbons (Fsp3) is 0.257. The number of hydrogen-bond donors (Lipinski definition) is 2. The Morgan fingerprint density at radius 2 is 1.84 bits per heavy atom. The molecule has 6 rings (SSSR count). The number of amides is 1. The number of halogens is 1. The Balaban J connectivity index is 1.12. The molecule has 0 saturated carbocycles. The van der Waals surface area contributed by atoms with Crippen molar-refractivity contribution in [3.05, 3.63) is 123 Å². The average molecular weight is 685 g/mol. The molecule has 0 spiro atoms. The number of ketones is 1. The molecule has 3 heterocycles. The maximum absolute atomic E-state index is 13.6. The van der Waals surface area contributed by atoms with E-state index in [0.29, 0.717) is 30.9 Å². The number of rotatable bonds is 12. The number of imidazole rings is 1. The molecule has 0 radical (unpaired) electrons. The zero-order valence-corrected chi connectivity index (χ0v) is 27.3. The molecule has 2 N–H and O–H groups in total. The first-order valence-corrected chi connectivity index (χ1v) is 16.6. The van der Waals surface area contributed by atoms with Crippen LogP contribution < -0.4 is 15.4 Å². The largest absolute Gasteiger partial charge is 0.492 e. The van der Waals surface area contributed by atoms with Gasteiger partial charge in [-0.3, -0.25) is 14.6 Å². The zero-order valence-electron chi connectivity index (χ0n) is 24.9. The fourth-order valence-corrected chi connectivity index (χ4v) is 6.65. The topological polar surface area (TPSA) is 98.1 Å². The van der Waals surface area contributed by atoms with E-state index in [4.69, 9.17) is 4.74 Å². The van der Waals surface area contributed by atoms with E-state index in [1.807, 2.05) is 60.6 Å². The standard InChI is InChI=1S/C35H34BrN5O3S/c1-37-35(43)26(15-23-7-11-27(36)12-8-23)16-32(42)30-4-2-3-29-31(13-14-44-34(29)30)40-18-28-17-38-21-41(28)20-24-5-9-25(10-6-24)33-19-39-22-45-33/h2-12,17,19,21-22,26,31,40H,13-16,18,20H2,1H3,(H,37,43)/t26-,31-/m1/s1. The normalized spacial score (nSPS) is 14.8. The summed E-state index contributed by atoms with van der Waals surface area (Å²) in [5.74, 6) is -0.122. The molecule has 45 heavy (non-hydrogen) atoms. The van der Waals surface area contributed by atoms with Gasteiger partial charge in [0.1, 0.15) is 5.75 Å². The smallest absolute Gasteiger partial charge is 0.223 e. The van der Waals surface area contributed by atoms with Crippen molar-refractivity contribution in [3.8, 4) is 16.2 Å². The molecule has 0 bridgehead atoms. The van der Waals surface area contributed by atoms with Crippen molar-refractivity contribution >= 4 is 39.0 Å². The SMILES string of the molecule is CNC(=O)[C@@H](CC(=O)c1cccc2c1OCC[C@H]2NCc1cncn1Cc1ccc(-c2cncs2)cc1)Cc1ccc(Br)cc1. The van der Waals surface area contributed by atoms with Gasteiger partial charge < -0.3 is 19.9 Å². The number of benzene rings is 3. The highest BCUT2D eigenvalue weighted by atomic mass is 79.9. The zero-order chi connectivity index (χ0) is 31.2. The van der Waals surface area contributed by atoms with Gasteiger partial charge in [0.05, 0.1) is 34.6 Å². The van der Waals surface area contributed by atoms with Crippen LogP contribution in [0.5, 0.6) is 5.75 Å². The summed E-state index contributed by atoms with van der Waals surface area (Å²) in [5, 5.41) is 6.41. The Hall–Kier alpha value is -4.12. The first-order chi connectivity index (χ1) is 22.0. The van der Waals surface area contributed by atoms with E-state index < -0.39 is 5.92 Å². The number of para-hydroxylation sites is 1. The van der Waals surface area contributed by atoms with Crippen LogP contribution in [0.3, 0.4) is 0 Å². The predicted molar refractivity (Wildman–Crippen MR) is 179 cm³/mol. The first-order valence-electron chi connectivity index (χ1n) is 14.9. The van der Waals surface area contributed by atoms with E-state index in [9.17, 15) is 9.59 Å². The molecule has 1 amide bonds. The number of hydrogen-bond acceptors (Lipinski definition) is 7. The predicted octanol–water partition coefficient (Wildman–Crippen LogP) is 6.61. The van der Waals surface area contributed by atoms with E-state index in [2.05, 4.69) is 65.4 Å². The van der Waals surface area contributed by atoms with Crippen LogP contribution in [-0.4, -0.2) is 39.9 Å². The van der Waals surface area contributed by atoms with Crippen LogP contribution in [0.1, 0.15) is 51.6 Å². The second kappa shape index (κ2) is 14.3. The maximum Gasteiger partial charge on any atom is 0.223 e. The number of thiazole rings is 1. The second-order valence-corrected chi connectivity index (χ2v) is 12.9. The highest BCUT2D eigenvalue weighted by Gasteiger charge is 2.29. The number of fused-ring (bicyclic) bond motifs is 1. The van der Waals surface area contributed by atoms with Gasteiger partial charge in [0.15, 0.2) is 5.78 Å². The molecule has 2 aromatic heterocycles. The Morgan fingerprint density at radius 1 is 1.04 bits per heavy atom. The number of nitrogens with one attached hydrogen (secondary N) is 2. The van der Waals surface area contributed by atoms with Gasteiger partial charge in [0, 0.05) is 67.4 Å². The highest BCUT2D eigenvalue weighted by molar-refractivity contribution is 9.10. The summed E-state index contributed by atoms with van der Waals surface area (Å²) >= 11 is 5.09. The lowest BCUT2D eigenvalue weighted by molar-refractivity contribution is -0.124. The van der Waals surface area contributed by atoms with Gasteiger partial charge in [-0.05, 0) is 41.3 Å². The summed E-state index contributed by atoms with van der Waals surface area (Å²) in [6.07, 6.45) is 6.99.